The van der Waals surface area contributed by atoms with Crippen LogP contribution in [0, 0.1) is 11.6 Å². The minimum atomic E-state index is -0.782. The van der Waals surface area contributed by atoms with Crippen LogP contribution in [0.3, 0.4) is 0 Å². The molecule has 1 aromatic rings. The zero-order valence-electron chi connectivity index (χ0n) is 9.95. The Hall–Kier alpha value is -1.04. The Kier molecular flexibility index (Phi) is 5.47. The molecule has 0 spiro atoms. The summed E-state index contributed by atoms with van der Waals surface area (Å²) in [6, 6.07) is 2.48. The first-order chi connectivity index (χ1) is 8.10. The van der Waals surface area contributed by atoms with Crippen LogP contribution in [0.2, 0.25) is 0 Å². The zero-order chi connectivity index (χ0) is 12.8. The van der Waals surface area contributed by atoms with Crippen molar-refractivity contribution in [3.8, 4) is 0 Å². The molecule has 0 fully saturated rings. The van der Waals surface area contributed by atoms with Crippen LogP contribution in [0.1, 0.15) is 25.5 Å². The summed E-state index contributed by atoms with van der Waals surface area (Å²) < 4.78 is 36.8. The maximum atomic E-state index is 13.5. The van der Waals surface area contributed by atoms with Crippen molar-refractivity contribution in [3.05, 3.63) is 35.4 Å². The van der Waals surface area contributed by atoms with Crippen LogP contribution in [-0.2, 0) is 9.47 Å². The van der Waals surface area contributed by atoms with E-state index in [0.29, 0.717) is 13.2 Å². The molecule has 0 heterocycles. The number of hydrogen-bond donors (Lipinski definition) is 1. The molecule has 0 saturated carbocycles. The van der Waals surface area contributed by atoms with Crippen molar-refractivity contribution >= 4 is 0 Å². The summed E-state index contributed by atoms with van der Waals surface area (Å²) in [7, 11) is 0. The third kappa shape index (κ3) is 3.73. The standard InChI is InChI=1S/C12H17F2NO2/c1-3-16-12(17-4-2)11(15)9-6-5-8(13)7-10(9)14/h5-7,11-12H,3-4,15H2,1-2H3. The monoisotopic (exact) mass is 245 g/mol. The van der Waals surface area contributed by atoms with Gasteiger partial charge < -0.3 is 15.2 Å². The molecule has 0 amide bonds. The summed E-state index contributed by atoms with van der Waals surface area (Å²) in [4.78, 5) is 0. The van der Waals surface area contributed by atoms with Crippen LogP contribution < -0.4 is 5.73 Å². The fourth-order valence-corrected chi connectivity index (χ4v) is 1.50. The largest absolute Gasteiger partial charge is 0.351 e. The third-order valence-electron chi connectivity index (χ3n) is 2.28. The molecule has 5 heteroatoms. The van der Waals surface area contributed by atoms with Gasteiger partial charge in [-0.3, -0.25) is 0 Å². The van der Waals surface area contributed by atoms with E-state index in [1.165, 1.54) is 6.07 Å². The molecule has 96 valence electrons. The number of benzene rings is 1. The highest BCUT2D eigenvalue weighted by molar-refractivity contribution is 5.22. The third-order valence-corrected chi connectivity index (χ3v) is 2.28. The van der Waals surface area contributed by atoms with E-state index in [2.05, 4.69) is 0 Å². The average Bonchev–Trinajstić information content (AvgIpc) is 2.28. The average molecular weight is 245 g/mol. The van der Waals surface area contributed by atoms with Gasteiger partial charge in [-0.15, -0.1) is 0 Å². The summed E-state index contributed by atoms with van der Waals surface area (Å²) in [6.07, 6.45) is -0.732. The van der Waals surface area contributed by atoms with E-state index in [4.69, 9.17) is 15.2 Å². The quantitative estimate of drug-likeness (QED) is 0.782. The Labute approximate surface area is 99.5 Å². The lowest BCUT2D eigenvalue weighted by molar-refractivity contribution is -0.149. The first-order valence-electron chi connectivity index (χ1n) is 5.53. The molecule has 0 bridgehead atoms. The highest BCUT2D eigenvalue weighted by Crippen LogP contribution is 2.21. The van der Waals surface area contributed by atoms with Crippen molar-refractivity contribution in [3.63, 3.8) is 0 Å². The second-order valence-electron chi connectivity index (χ2n) is 3.47. The van der Waals surface area contributed by atoms with Crippen LogP contribution >= 0.6 is 0 Å². The van der Waals surface area contributed by atoms with Gasteiger partial charge in [-0.25, -0.2) is 8.78 Å². The van der Waals surface area contributed by atoms with Crippen molar-refractivity contribution in [2.75, 3.05) is 13.2 Å². The van der Waals surface area contributed by atoms with E-state index < -0.39 is 24.0 Å². The van der Waals surface area contributed by atoms with Crippen molar-refractivity contribution in [1.29, 1.82) is 0 Å². The van der Waals surface area contributed by atoms with Crippen LogP contribution in [0.4, 0.5) is 8.78 Å². The van der Waals surface area contributed by atoms with Gasteiger partial charge in [-0.05, 0) is 19.9 Å². The molecule has 1 rings (SSSR count). The zero-order valence-corrected chi connectivity index (χ0v) is 9.95. The smallest absolute Gasteiger partial charge is 0.176 e. The minimum Gasteiger partial charge on any atom is -0.351 e. The molecule has 0 aliphatic heterocycles. The second-order valence-corrected chi connectivity index (χ2v) is 3.47. The predicted molar refractivity (Wildman–Crippen MR) is 60.3 cm³/mol. The minimum absolute atomic E-state index is 0.179. The molecule has 1 unspecified atom stereocenters. The summed E-state index contributed by atoms with van der Waals surface area (Å²) in [6.45, 7) is 4.39. The summed E-state index contributed by atoms with van der Waals surface area (Å²) in [5.74, 6) is -1.33. The fourth-order valence-electron chi connectivity index (χ4n) is 1.50. The van der Waals surface area contributed by atoms with Crippen LogP contribution in [0.5, 0.6) is 0 Å². The van der Waals surface area contributed by atoms with Crippen LogP contribution in [-0.4, -0.2) is 19.5 Å². The Morgan fingerprint density at radius 3 is 2.24 bits per heavy atom. The molecule has 0 aliphatic carbocycles. The van der Waals surface area contributed by atoms with E-state index in [1.807, 2.05) is 0 Å². The van der Waals surface area contributed by atoms with E-state index in [0.717, 1.165) is 12.1 Å². The Bertz CT molecular complexity index is 354. The fraction of sp³-hybridized carbons (Fsp3) is 0.500. The molecule has 3 nitrogen and oxygen atoms in total. The molecule has 0 saturated heterocycles. The lowest BCUT2D eigenvalue weighted by Crippen LogP contribution is -2.32. The summed E-state index contributed by atoms with van der Waals surface area (Å²) >= 11 is 0. The Balaban J connectivity index is 2.88. The van der Waals surface area contributed by atoms with Gasteiger partial charge in [0.05, 0.1) is 6.04 Å². The maximum absolute atomic E-state index is 13.5. The first kappa shape index (κ1) is 14.0. The van der Waals surface area contributed by atoms with E-state index >= 15 is 0 Å². The summed E-state index contributed by atoms with van der Waals surface area (Å²) in [5, 5.41) is 0. The van der Waals surface area contributed by atoms with Crippen molar-refractivity contribution in [2.45, 2.75) is 26.2 Å². The van der Waals surface area contributed by atoms with E-state index in [-0.39, 0.29) is 5.56 Å². The van der Waals surface area contributed by atoms with Crippen LogP contribution in [0.15, 0.2) is 18.2 Å². The number of rotatable bonds is 6. The molecule has 0 radical (unpaired) electrons. The topological polar surface area (TPSA) is 44.5 Å². The van der Waals surface area contributed by atoms with Crippen molar-refractivity contribution in [1.82, 2.24) is 0 Å². The Morgan fingerprint density at radius 2 is 1.76 bits per heavy atom. The lowest BCUT2D eigenvalue weighted by atomic mass is 10.1. The molecule has 1 atom stereocenters. The number of halogens is 2. The maximum Gasteiger partial charge on any atom is 0.176 e. The van der Waals surface area contributed by atoms with E-state index in [9.17, 15) is 8.78 Å². The van der Waals surface area contributed by atoms with Crippen molar-refractivity contribution < 1.29 is 18.3 Å². The number of hydrogen-bond acceptors (Lipinski definition) is 3. The van der Waals surface area contributed by atoms with Crippen LogP contribution in [0.25, 0.3) is 0 Å². The molecular weight excluding hydrogens is 228 g/mol. The normalized spacial score (nSPS) is 13.1. The highest BCUT2D eigenvalue weighted by atomic mass is 19.1. The molecule has 1 aromatic carbocycles. The van der Waals surface area contributed by atoms with Gasteiger partial charge in [-0.2, -0.15) is 0 Å². The van der Waals surface area contributed by atoms with E-state index in [1.54, 1.807) is 13.8 Å². The molecular formula is C12H17F2NO2. The molecule has 0 aromatic heterocycles. The number of nitrogens with two attached hydrogens (primary N) is 1. The molecule has 17 heavy (non-hydrogen) atoms. The van der Waals surface area contributed by atoms with Gasteiger partial charge in [0.2, 0.25) is 0 Å². The number of ether oxygens (including phenoxy) is 2. The molecule has 2 N–H and O–H groups in total. The first-order valence-corrected chi connectivity index (χ1v) is 5.53. The van der Waals surface area contributed by atoms with Crippen molar-refractivity contribution in [2.24, 2.45) is 5.73 Å². The second kappa shape index (κ2) is 6.64. The van der Waals surface area contributed by atoms with Gasteiger partial charge in [0.1, 0.15) is 11.6 Å². The Morgan fingerprint density at radius 1 is 1.18 bits per heavy atom. The SMILES string of the molecule is CCOC(OCC)C(N)c1ccc(F)cc1F. The predicted octanol–water partition coefficient (Wildman–Crippen LogP) is 2.36. The van der Waals surface area contributed by atoms with Gasteiger partial charge in [0.15, 0.2) is 6.29 Å². The van der Waals surface area contributed by atoms with Gasteiger partial charge in [0.25, 0.3) is 0 Å². The lowest BCUT2D eigenvalue weighted by Gasteiger charge is -2.24. The highest BCUT2D eigenvalue weighted by Gasteiger charge is 2.23. The molecule has 0 aliphatic rings. The van der Waals surface area contributed by atoms with Gasteiger partial charge >= 0.3 is 0 Å². The van der Waals surface area contributed by atoms with Gasteiger partial charge in [-0.1, -0.05) is 6.07 Å². The summed E-state index contributed by atoms with van der Waals surface area (Å²) in [5.41, 5.74) is 6.03. The van der Waals surface area contributed by atoms with Gasteiger partial charge in [0, 0.05) is 24.8 Å².